The minimum Gasteiger partial charge on any atom is -0.310 e. The number of aromatic amines is 1. The monoisotopic (exact) mass is 414 g/mol. The molecule has 1 heterocycles. The van der Waals surface area contributed by atoms with Crippen LogP contribution < -0.4 is 5.32 Å². The Hall–Kier alpha value is -3.42. The molecule has 0 saturated carbocycles. The van der Waals surface area contributed by atoms with Gasteiger partial charge in [-0.15, -0.1) is 0 Å². The predicted octanol–water partition coefficient (Wildman–Crippen LogP) is 5.39. The second-order valence-electron chi connectivity index (χ2n) is 7.01. The standard InChI is InChI=1S/C22H21F3N4O/c1-3-13(2)10-20(27-22(30)15-6-9-17(24)18(25)11-15)26-21-12-19(28-29-21)14-4-7-16(23)8-5-14/h4-9,11-13H,3,10H2,1-2H3,(H2,26,27,28,29,30). The number of hydrogen-bond acceptors (Lipinski definition) is 3. The first-order valence-electron chi connectivity index (χ1n) is 9.51. The zero-order valence-corrected chi connectivity index (χ0v) is 16.5. The van der Waals surface area contributed by atoms with Crippen LogP contribution in [0, 0.1) is 23.4 Å². The second-order valence-corrected chi connectivity index (χ2v) is 7.01. The smallest absolute Gasteiger partial charge is 0.256 e. The maximum Gasteiger partial charge on any atom is 0.256 e. The number of halogens is 3. The summed E-state index contributed by atoms with van der Waals surface area (Å²) in [5, 5.41) is 9.62. The third-order valence-corrected chi connectivity index (χ3v) is 4.65. The van der Waals surface area contributed by atoms with Gasteiger partial charge in [0.15, 0.2) is 17.5 Å². The van der Waals surface area contributed by atoms with Crippen molar-refractivity contribution in [1.82, 2.24) is 15.5 Å². The maximum atomic E-state index is 13.5. The van der Waals surface area contributed by atoms with E-state index in [-0.39, 0.29) is 17.3 Å². The molecule has 0 radical (unpaired) electrons. The van der Waals surface area contributed by atoms with Crippen LogP contribution in [-0.4, -0.2) is 21.9 Å². The van der Waals surface area contributed by atoms with Gasteiger partial charge in [0.1, 0.15) is 11.7 Å². The van der Waals surface area contributed by atoms with Crippen molar-refractivity contribution in [1.29, 1.82) is 0 Å². The Morgan fingerprint density at radius 2 is 1.83 bits per heavy atom. The number of carbonyl (C=O) groups excluding carboxylic acids is 1. The molecule has 2 aromatic carbocycles. The van der Waals surface area contributed by atoms with Gasteiger partial charge in [0.05, 0.1) is 5.69 Å². The van der Waals surface area contributed by atoms with E-state index in [0.29, 0.717) is 23.8 Å². The van der Waals surface area contributed by atoms with E-state index in [0.717, 1.165) is 24.1 Å². The number of amidine groups is 1. The average molecular weight is 414 g/mol. The van der Waals surface area contributed by atoms with Crippen molar-refractivity contribution in [2.75, 3.05) is 0 Å². The van der Waals surface area contributed by atoms with Gasteiger partial charge in [-0.25, -0.2) is 18.2 Å². The van der Waals surface area contributed by atoms with Gasteiger partial charge >= 0.3 is 0 Å². The molecule has 0 aliphatic rings. The lowest BCUT2D eigenvalue weighted by atomic mass is 10.0. The van der Waals surface area contributed by atoms with Crippen molar-refractivity contribution in [3.63, 3.8) is 0 Å². The molecule has 0 bridgehead atoms. The summed E-state index contributed by atoms with van der Waals surface area (Å²) in [6.45, 7) is 4.02. The summed E-state index contributed by atoms with van der Waals surface area (Å²) in [6.07, 6.45) is 1.33. The molecule has 8 heteroatoms. The Kier molecular flexibility index (Phi) is 6.66. The van der Waals surface area contributed by atoms with Crippen LogP contribution in [0.1, 0.15) is 37.0 Å². The first-order valence-corrected chi connectivity index (χ1v) is 9.51. The highest BCUT2D eigenvalue weighted by molar-refractivity contribution is 6.07. The molecule has 5 nitrogen and oxygen atoms in total. The van der Waals surface area contributed by atoms with Crippen molar-refractivity contribution in [2.24, 2.45) is 10.9 Å². The van der Waals surface area contributed by atoms with Crippen molar-refractivity contribution in [2.45, 2.75) is 26.7 Å². The quantitative estimate of drug-likeness (QED) is 0.419. The predicted molar refractivity (Wildman–Crippen MR) is 109 cm³/mol. The molecule has 30 heavy (non-hydrogen) atoms. The normalized spacial score (nSPS) is 12.6. The molecule has 1 aromatic heterocycles. The topological polar surface area (TPSA) is 70.1 Å². The van der Waals surface area contributed by atoms with Crippen LogP contribution >= 0.6 is 0 Å². The molecule has 3 aromatic rings. The molecule has 2 N–H and O–H groups in total. The van der Waals surface area contributed by atoms with Crippen molar-refractivity contribution in [3.05, 3.63) is 71.5 Å². The Bertz CT molecular complexity index is 1060. The second kappa shape index (κ2) is 9.39. The highest BCUT2D eigenvalue weighted by atomic mass is 19.2. The highest BCUT2D eigenvalue weighted by Crippen LogP contribution is 2.22. The molecule has 1 unspecified atom stereocenters. The number of nitrogens with one attached hydrogen (secondary N) is 2. The third-order valence-electron chi connectivity index (χ3n) is 4.65. The Balaban J connectivity index is 1.84. The number of aliphatic imine (C=N–C) groups is 1. The molecule has 1 amide bonds. The van der Waals surface area contributed by atoms with Crippen molar-refractivity contribution < 1.29 is 18.0 Å². The number of nitrogens with zero attached hydrogens (tertiary/aromatic N) is 2. The summed E-state index contributed by atoms with van der Waals surface area (Å²) >= 11 is 0. The molecular weight excluding hydrogens is 393 g/mol. The van der Waals surface area contributed by atoms with E-state index < -0.39 is 17.5 Å². The first kappa shape index (κ1) is 21.3. The fraction of sp³-hybridized carbons (Fsp3) is 0.227. The van der Waals surface area contributed by atoms with Crippen LogP contribution in [0.5, 0.6) is 0 Å². The van der Waals surface area contributed by atoms with Crippen molar-refractivity contribution >= 4 is 17.6 Å². The van der Waals surface area contributed by atoms with Gasteiger partial charge in [-0.3, -0.25) is 9.89 Å². The minimum atomic E-state index is -1.10. The van der Waals surface area contributed by atoms with Crippen LogP contribution in [0.3, 0.4) is 0 Å². The van der Waals surface area contributed by atoms with Crippen molar-refractivity contribution in [3.8, 4) is 11.3 Å². The Labute approximate surface area is 172 Å². The van der Waals surface area contributed by atoms with E-state index in [2.05, 4.69) is 20.5 Å². The minimum absolute atomic E-state index is 0.0141. The van der Waals surface area contributed by atoms with E-state index in [9.17, 15) is 18.0 Å². The lowest BCUT2D eigenvalue weighted by molar-refractivity contribution is 0.0975. The Morgan fingerprint density at radius 3 is 2.50 bits per heavy atom. The van der Waals surface area contributed by atoms with Crippen LogP contribution in [0.15, 0.2) is 53.5 Å². The maximum absolute atomic E-state index is 13.5. The first-order chi connectivity index (χ1) is 14.4. The number of carbonyl (C=O) groups is 1. The molecule has 156 valence electrons. The summed E-state index contributed by atoms with van der Waals surface area (Å²) in [5.74, 6) is -2.14. The van der Waals surface area contributed by atoms with Crippen LogP contribution in [-0.2, 0) is 0 Å². The summed E-state index contributed by atoms with van der Waals surface area (Å²) in [7, 11) is 0. The lowest BCUT2D eigenvalue weighted by Gasteiger charge is -2.12. The van der Waals surface area contributed by atoms with Gasteiger partial charge in [0, 0.05) is 18.1 Å². The van der Waals surface area contributed by atoms with Crippen LogP contribution in [0.4, 0.5) is 19.0 Å². The van der Waals surface area contributed by atoms with Gasteiger partial charge in [0.25, 0.3) is 5.91 Å². The third kappa shape index (κ3) is 5.34. The van der Waals surface area contributed by atoms with Gasteiger partial charge < -0.3 is 5.32 Å². The number of H-pyrrole nitrogens is 1. The molecule has 0 saturated heterocycles. The highest BCUT2D eigenvalue weighted by Gasteiger charge is 2.15. The molecular formula is C22H21F3N4O. The molecule has 1 atom stereocenters. The number of benzene rings is 2. The number of amides is 1. The molecule has 0 spiro atoms. The van der Waals surface area contributed by atoms with Gasteiger partial charge in [-0.05, 0) is 53.9 Å². The zero-order chi connectivity index (χ0) is 21.7. The summed E-state index contributed by atoms with van der Waals surface area (Å²) in [4.78, 5) is 16.9. The SMILES string of the molecule is CCC(C)CC(=Nc1cc(-c2ccc(F)cc2)[nH]n1)NC(=O)c1ccc(F)c(F)c1. The van der Waals surface area contributed by atoms with E-state index in [1.54, 1.807) is 18.2 Å². The summed E-state index contributed by atoms with van der Waals surface area (Å²) in [5.41, 5.74) is 1.36. The van der Waals surface area contributed by atoms with E-state index >= 15 is 0 Å². The summed E-state index contributed by atoms with van der Waals surface area (Å²) in [6, 6.07) is 10.5. The number of hydrogen-bond donors (Lipinski definition) is 2. The van der Waals surface area contributed by atoms with E-state index in [4.69, 9.17) is 0 Å². The van der Waals surface area contributed by atoms with E-state index in [1.165, 1.54) is 18.2 Å². The van der Waals surface area contributed by atoms with Gasteiger partial charge in [-0.2, -0.15) is 5.10 Å². The number of aromatic nitrogens is 2. The molecule has 3 rings (SSSR count). The van der Waals surface area contributed by atoms with E-state index in [1.807, 2.05) is 13.8 Å². The Morgan fingerprint density at radius 1 is 1.10 bits per heavy atom. The number of rotatable bonds is 6. The fourth-order valence-electron chi connectivity index (χ4n) is 2.72. The zero-order valence-electron chi connectivity index (χ0n) is 16.5. The van der Waals surface area contributed by atoms with Crippen LogP contribution in [0.2, 0.25) is 0 Å². The van der Waals surface area contributed by atoms with Gasteiger partial charge in [-0.1, -0.05) is 20.3 Å². The molecule has 0 fully saturated rings. The van der Waals surface area contributed by atoms with Crippen LogP contribution in [0.25, 0.3) is 11.3 Å². The lowest BCUT2D eigenvalue weighted by Crippen LogP contribution is -2.31. The largest absolute Gasteiger partial charge is 0.310 e. The molecule has 0 aliphatic heterocycles. The average Bonchev–Trinajstić information content (AvgIpc) is 3.18. The fourth-order valence-corrected chi connectivity index (χ4v) is 2.72. The molecule has 0 aliphatic carbocycles. The summed E-state index contributed by atoms with van der Waals surface area (Å²) < 4.78 is 39.7. The van der Waals surface area contributed by atoms with Gasteiger partial charge in [0.2, 0.25) is 0 Å².